The number of carbonyl (C=O) groups excluding carboxylic acids is 1. The van der Waals surface area contributed by atoms with Gasteiger partial charge in [0.1, 0.15) is 5.60 Å². The van der Waals surface area contributed by atoms with E-state index in [0.717, 1.165) is 13.1 Å². The standard InChI is InChI=1S/C9H20N4O2/c1-9(2,3)15-8(14)12-4-6-13(11-10)7-5-12/h11H,4-7,10H2,1-3H3. The number of hydrogen-bond donors (Lipinski definition) is 2. The van der Waals surface area contributed by atoms with Crippen LogP contribution in [0.1, 0.15) is 20.8 Å². The van der Waals surface area contributed by atoms with E-state index in [4.69, 9.17) is 10.6 Å². The number of carbonyl (C=O) groups is 1. The van der Waals surface area contributed by atoms with Crippen LogP contribution in [0.2, 0.25) is 0 Å². The van der Waals surface area contributed by atoms with E-state index in [0.29, 0.717) is 13.1 Å². The van der Waals surface area contributed by atoms with E-state index < -0.39 is 5.60 Å². The molecule has 1 amide bonds. The van der Waals surface area contributed by atoms with Crippen LogP contribution >= 0.6 is 0 Å². The fraction of sp³-hybridized carbons (Fsp3) is 0.889. The summed E-state index contributed by atoms with van der Waals surface area (Å²) in [6.45, 7) is 8.30. The number of nitrogens with two attached hydrogens (primary N) is 1. The van der Waals surface area contributed by atoms with Crippen LogP contribution in [0.4, 0.5) is 4.79 Å². The highest BCUT2D eigenvalue weighted by molar-refractivity contribution is 5.68. The molecular formula is C9H20N4O2. The van der Waals surface area contributed by atoms with Gasteiger partial charge in [0, 0.05) is 26.2 Å². The quantitative estimate of drug-likeness (QED) is 0.474. The van der Waals surface area contributed by atoms with E-state index in [1.54, 1.807) is 4.90 Å². The third-order valence-corrected chi connectivity index (χ3v) is 2.11. The second-order valence-corrected chi connectivity index (χ2v) is 4.58. The van der Waals surface area contributed by atoms with Crippen LogP contribution in [0, 0.1) is 0 Å². The average molecular weight is 216 g/mol. The minimum atomic E-state index is -0.430. The smallest absolute Gasteiger partial charge is 0.410 e. The van der Waals surface area contributed by atoms with E-state index in [2.05, 4.69) is 5.53 Å². The van der Waals surface area contributed by atoms with Crippen molar-refractivity contribution in [2.75, 3.05) is 26.2 Å². The van der Waals surface area contributed by atoms with Crippen molar-refractivity contribution in [3.05, 3.63) is 0 Å². The Kier molecular flexibility index (Phi) is 3.90. The molecule has 1 fully saturated rings. The summed E-state index contributed by atoms with van der Waals surface area (Å²) in [6, 6.07) is 0. The van der Waals surface area contributed by atoms with Gasteiger partial charge in [-0.1, -0.05) is 0 Å². The number of ether oxygens (including phenoxy) is 1. The lowest BCUT2D eigenvalue weighted by atomic mass is 10.2. The Balaban J connectivity index is 2.37. The monoisotopic (exact) mass is 216 g/mol. The third-order valence-electron chi connectivity index (χ3n) is 2.11. The summed E-state index contributed by atoms with van der Waals surface area (Å²) in [7, 11) is 0. The Morgan fingerprint density at radius 3 is 2.20 bits per heavy atom. The van der Waals surface area contributed by atoms with Crippen LogP contribution in [0.3, 0.4) is 0 Å². The highest BCUT2D eigenvalue weighted by Gasteiger charge is 2.25. The SMILES string of the molecule is CC(C)(C)OC(=O)N1CCN(NN)CC1. The van der Waals surface area contributed by atoms with E-state index in [-0.39, 0.29) is 6.09 Å². The molecule has 1 aliphatic heterocycles. The lowest BCUT2D eigenvalue weighted by Gasteiger charge is -2.34. The largest absolute Gasteiger partial charge is 0.444 e. The molecule has 0 spiro atoms. The first-order chi connectivity index (χ1) is 6.92. The first-order valence-corrected chi connectivity index (χ1v) is 5.11. The van der Waals surface area contributed by atoms with Gasteiger partial charge >= 0.3 is 6.09 Å². The Hall–Kier alpha value is -0.850. The van der Waals surface area contributed by atoms with Gasteiger partial charge in [-0.2, -0.15) is 5.53 Å². The number of nitrogens with zero attached hydrogens (tertiary/aromatic N) is 2. The van der Waals surface area contributed by atoms with Gasteiger partial charge in [-0.15, -0.1) is 0 Å². The molecule has 0 unspecified atom stereocenters. The molecule has 3 N–H and O–H groups in total. The summed E-state index contributed by atoms with van der Waals surface area (Å²) >= 11 is 0. The van der Waals surface area contributed by atoms with Crippen molar-refractivity contribution < 1.29 is 9.53 Å². The van der Waals surface area contributed by atoms with Crippen LogP contribution in [0.5, 0.6) is 0 Å². The lowest BCUT2D eigenvalue weighted by molar-refractivity contribution is 0.00917. The fourth-order valence-electron chi connectivity index (χ4n) is 1.34. The highest BCUT2D eigenvalue weighted by Crippen LogP contribution is 2.10. The predicted octanol–water partition coefficient (Wildman–Crippen LogP) is -0.0826. The minimum Gasteiger partial charge on any atom is -0.444 e. The lowest BCUT2D eigenvalue weighted by Crippen LogP contribution is -2.55. The molecule has 1 saturated heterocycles. The van der Waals surface area contributed by atoms with Crippen molar-refractivity contribution in [1.29, 1.82) is 0 Å². The molecule has 88 valence electrons. The molecule has 0 aromatic rings. The van der Waals surface area contributed by atoms with Gasteiger partial charge < -0.3 is 9.64 Å². The molecule has 1 aliphatic rings. The van der Waals surface area contributed by atoms with Crippen molar-refractivity contribution in [3.8, 4) is 0 Å². The molecule has 0 aromatic heterocycles. The molecule has 0 bridgehead atoms. The first kappa shape index (κ1) is 12.2. The van der Waals surface area contributed by atoms with Crippen molar-refractivity contribution in [2.45, 2.75) is 26.4 Å². The first-order valence-electron chi connectivity index (χ1n) is 5.11. The van der Waals surface area contributed by atoms with Crippen molar-refractivity contribution in [3.63, 3.8) is 0 Å². The molecule has 0 aliphatic carbocycles. The van der Waals surface area contributed by atoms with E-state index >= 15 is 0 Å². The second-order valence-electron chi connectivity index (χ2n) is 4.58. The van der Waals surface area contributed by atoms with Crippen molar-refractivity contribution >= 4 is 6.09 Å². The highest BCUT2D eigenvalue weighted by atomic mass is 16.6. The van der Waals surface area contributed by atoms with Crippen LogP contribution < -0.4 is 11.4 Å². The summed E-state index contributed by atoms with van der Waals surface area (Å²) in [5, 5.41) is 1.86. The zero-order chi connectivity index (χ0) is 11.5. The summed E-state index contributed by atoms with van der Waals surface area (Å²) < 4.78 is 5.26. The Labute approximate surface area is 90.3 Å². The van der Waals surface area contributed by atoms with Gasteiger partial charge in [-0.25, -0.2) is 9.80 Å². The number of amides is 1. The van der Waals surface area contributed by atoms with E-state index in [9.17, 15) is 4.79 Å². The minimum absolute atomic E-state index is 0.251. The summed E-state index contributed by atoms with van der Waals surface area (Å²) in [5.74, 6) is 5.27. The molecule has 0 aromatic carbocycles. The number of piperazine rings is 1. The maximum absolute atomic E-state index is 11.6. The number of hydrogen-bond acceptors (Lipinski definition) is 5. The van der Waals surface area contributed by atoms with Crippen LogP contribution in [-0.4, -0.2) is 47.8 Å². The molecule has 15 heavy (non-hydrogen) atoms. The van der Waals surface area contributed by atoms with Gasteiger partial charge in [0.15, 0.2) is 0 Å². The maximum Gasteiger partial charge on any atom is 0.410 e. The van der Waals surface area contributed by atoms with Crippen LogP contribution in [0.25, 0.3) is 0 Å². The summed E-state index contributed by atoms with van der Waals surface area (Å²) in [4.78, 5) is 13.3. The molecule has 1 rings (SSSR count). The zero-order valence-electron chi connectivity index (χ0n) is 9.62. The average Bonchev–Trinajstić information content (AvgIpc) is 2.15. The Morgan fingerprint density at radius 1 is 1.27 bits per heavy atom. The molecule has 0 radical (unpaired) electrons. The van der Waals surface area contributed by atoms with Gasteiger partial charge in [0.25, 0.3) is 0 Å². The molecule has 1 heterocycles. The topological polar surface area (TPSA) is 70.8 Å². The van der Waals surface area contributed by atoms with E-state index in [1.807, 2.05) is 25.8 Å². The molecule has 0 saturated carbocycles. The van der Waals surface area contributed by atoms with Gasteiger partial charge in [-0.3, -0.25) is 5.84 Å². The maximum atomic E-state index is 11.6. The number of hydrazine groups is 2. The van der Waals surface area contributed by atoms with E-state index in [1.165, 1.54) is 0 Å². The van der Waals surface area contributed by atoms with Crippen LogP contribution in [-0.2, 0) is 4.74 Å². The zero-order valence-corrected chi connectivity index (χ0v) is 9.62. The second kappa shape index (κ2) is 4.78. The predicted molar refractivity (Wildman–Crippen MR) is 56.7 cm³/mol. The van der Waals surface area contributed by atoms with Crippen molar-refractivity contribution in [2.24, 2.45) is 5.84 Å². The third kappa shape index (κ3) is 4.03. The molecule has 0 atom stereocenters. The Morgan fingerprint density at radius 2 is 1.80 bits per heavy atom. The fourth-order valence-corrected chi connectivity index (χ4v) is 1.34. The van der Waals surface area contributed by atoms with Gasteiger partial charge in [-0.05, 0) is 20.8 Å². The Bertz CT molecular complexity index is 219. The molecule has 6 heteroatoms. The summed E-state index contributed by atoms with van der Waals surface area (Å²) in [6.07, 6.45) is -0.251. The van der Waals surface area contributed by atoms with Crippen LogP contribution in [0.15, 0.2) is 0 Å². The van der Waals surface area contributed by atoms with Gasteiger partial charge in [0.2, 0.25) is 0 Å². The number of rotatable bonds is 1. The normalized spacial score (nSPS) is 19.1. The molecule has 6 nitrogen and oxygen atoms in total. The molecular weight excluding hydrogens is 196 g/mol. The number of nitrogens with one attached hydrogen (secondary N) is 1. The summed E-state index contributed by atoms with van der Waals surface area (Å²) in [5.41, 5.74) is 2.14. The van der Waals surface area contributed by atoms with Crippen molar-refractivity contribution in [1.82, 2.24) is 15.4 Å². The van der Waals surface area contributed by atoms with Gasteiger partial charge in [0.05, 0.1) is 0 Å².